The van der Waals surface area contributed by atoms with Crippen molar-refractivity contribution in [2.75, 3.05) is 26.4 Å². The number of rotatable bonds is 29. The number of ether oxygens (including phenoxy) is 2. The fraction of sp³-hybridized carbons (Fsp3) is 0.667. The highest BCUT2D eigenvalue weighted by atomic mass is 31.2. The quantitative estimate of drug-likeness (QED) is 0.0379. The minimum atomic E-state index is -4.57. The van der Waals surface area contributed by atoms with Gasteiger partial charge in [0.25, 0.3) is 7.82 Å². The van der Waals surface area contributed by atoms with Crippen LogP contribution in [0.25, 0.3) is 0 Å². The number of carbonyl (C=O) groups is 1. The lowest BCUT2D eigenvalue weighted by Gasteiger charge is -2.25. The van der Waals surface area contributed by atoms with Gasteiger partial charge in [0.2, 0.25) is 0 Å². The number of phosphoric acid groups is 1. The van der Waals surface area contributed by atoms with Crippen LogP contribution in [0.2, 0.25) is 0 Å². The monoisotopic (exact) mass is 647 g/mol. The summed E-state index contributed by atoms with van der Waals surface area (Å²) in [4.78, 5) is 24.9. The van der Waals surface area contributed by atoms with Gasteiger partial charge in [-0.2, -0.15) is 0 Å². The second kappa shape index (κ2) is 26.0. The molecule has 0 aliphatic rings. The van der Waals surface area contributed by atoms with Gasteiger partial charge in [0.15, 0.2) is 18.9 Å². The number of phosphoric ester groups is 1. The molecule has 0 radical (unpaired) electrons. The van der Waals surface area contributed by atoms with E-state index in [1.807, 2.05) is 35.2 Å². The van der Waals surface area contributed by atoms with Crippen molar-refractivity contribution >= 4 is 13.8 Å². The summed E-state index contributed by atoms with van der Waals surface area (Å²) in [6.45, 7) is 3.07. The van der Waals surface area contributed by atoms with Crippen molar-refractivity contribution in [2.24, 2.45) is 0 Å². The van der Waals surface area contributed by atoms with Crippen LogP contribution in [0.4, 0.5) is 0 Å². The van der Waals surface area contributed by atoms with Crippen molar-refractivity contribution in [3.8, 4) is 0 Å². The highest BCUT2D eigenvalue weighted by Crippen LogP contribution is 2.38. The van der Waals surface area contributed by atoms with Gasteiger partial charge in [-0.25, -0.2) is 9.36 Å². The Hall–Kier alpha value is -2.09. The van der Waals surface area contributed by atoms with Crippen LogP contribution in [-0.2, 0) is 29.6 Å². The molecule has 1 heterocycles. The number of esters is 1. The van der Waals surface area contributed by atoms with Crippen molar-refractivity contribution in [1.82, 2.24) is 0 Å². The summed E-state index contributed by atoms with van der Waals surface area (Å²) in [5, 5.41) is 0. The predicted octanol–water partition coefficient (Wildman–Crippen LogP) is 8.37. The zero-order chi connectivity index (χ0) is 32.3. The number of nitrogens with zero attached hydrogens (tertiary/aromatic N) is 1. The Balaban J connectivity index is 1.57. The molecule has 2 atom stereocenters. The van der Waals surface area contributed by atoms with Gasteiger partial charge in [0.05, 0.1) is 25.4 Å². The van der Waals surface area contributed by atoms with Crippen molar-refractivity contribution < 1.29 is 37.3 Å². The van der Waals surface area contributed by atoms with Crippen LogP contribution in [0.15, 0.2) is 60.9 Å². The topological polar surface area (TPSA) is 98.0 Å². The molecule has 0 N–H and O–H groups in total. The minimum Gasteiger partial charge on any atom is -0.756 e. The van der Waals surface area contributed by atoms with E-state index >= 15 is 0 Å². The molecule has 0 aliphatic heterocycles. The number of pyridine rings is 1. The van der Waals surface area contributed by atoms with Gasteiger partial charge in [-0.15, -0.1) is 0 Å². The molecule has 2 unspecified atom stereocenters. The number of aryl methyl sites for hydroxylation is 1. The maximum absolute atomic E-state index is 12.6. The lowest BCUT2D eigenvalue weighted by atomic mass is 10.0. The van der Waals surface area contributed by atoms with Gasteiger partial charge < -0.3 is 23.4 Å². The van der Waals surface area contributed by atoms with Gasteiger partial charge in [-0.05, 0) is 18.6 Å². The smallest absolute Gasteiger partial charge is 0.338 e. The molecule has 1 aromatic carbocycles. The Morgan fingerprint density at radius 1 is 0.689 bits per heavy atom. The number of aromatic nitrogens is 1. The first-order chi connectivity index (χ1) is 22.0. The van der Waals surface area contributed by atoms with Crippen LogP contribution >= 0.6 is 7.82 Å². The fourth-order valence-electron chi connectivity index (χ4n) is 5.10. The van der Waals surface area contributed by atoms with Crippen LogP contribution in [-0.4, -0.2) is 38.5 Å². The number of unbranched alkanes of at least 4 members (excludes halogenated alkanes) is 15. The molecule has 0 aliphatic carbocycles. The number of hydrogen-bond donors (Lipinski definition) is 0. The van der Waals surface area contributed by atoms with Crippen molar-refractivity contribution in [3.05, 3.63) is 66.5 Å². The average molecular weight is 648 g/mol. The van der Waals surface area contributed by atoms with Crippen LogP contribution in [0.3, 0.4) is 0 Å². The largest absolute Gasteiger partial charge is 0.756 e. The Morgan fingerprint density at radius 2 is 1.22 bits per heavy atom. The third kappa shape index (κ3) is 21.4. The highest BCUT2D eigenvalue weighted by Gasteiger charge is 2.20. The third-order valence-electron chi connectivity index (χ3n) is 7.74. The van der Waals surface area contributed by atoms with Gasteiger partial charge in [-0.3, -0.25) is 4.57 Å². The van der Waals surface area contributed by atoms with E-state index in [-0.39, 0.29) is 19.8 Å². The number of hydrogen-bond acceptors (Lipinski definition) is 7. The molecule has 0 saturated carbocycles. The van der Waals surface area contributed by atoms with Gasteiger partial charge in [0.1, 0.15) is 6.10 Å². The van der Waals surface area contributed by atoms with Crippen molar-refractivity contribution in [3.63, 3.8) is 0 Å². The Bertz CT molecular complexity index is 1020. The third-order valence-corrected chi connectivity index (χ3v) is 8.70. The van der Waals surface area contributed by atoms with Gasteiger partial charge in [0, 0.05) is 25.2 Å². The SMILES string of the molecule is CCCCCCCCCCCCCCCCCCOCC(COP(=O)([O-])OCCC[n+]1ccccc1)OC(=O)c1ccccc1. The zero-order valence-corrected chi connectivity index (χ0v) is 28.6. The van der Waals surface area contributed by atoms with Gasteiger partial charge >= 0.3 is 5.97 Å². The summed E-state index contributed by atoms with van der Waals surface area (Å²) in [7, 11) is -4.57. The summed E-state index contributed by atoms with van der Waals surface area (Å²) in [5.41, 5.74) is 0.375. The molecule has 8 nitrogen and oxygen atoms in total. The normalized spacial score (nSPS) is 13.4. The summed E-state index contributed by atoms with van der Waals surface area (Å²) >= 11 is 0. The van der Waals surface area contributed by atoms with Crippen molar-refractivity contribution in [2.45, 2.75) is 129 Å². The summed E-state index contributed by atoms with van der Waals surface area (Å²) < 4.78 is 35.7. The molecule has 0 fully saturated rings. The molecule has 0 spiro atoms. The lowest BCUT2D eigenvalue weighted by Crippen LogP contribution is -2.33. The Kier molecular flexibility index (Phi) is 22.6. The maximum Gasteiger partial charge on any atom is 0.338 e. The van der Waals surface area contributed by atoms with E-state index in [1.54, 1.807) is 30.3 Å². The standard InChI is InChI=1S/C36H58NO7P/c1-2-3-4-5-6-7-8-9-10-11-12-13-14-15-16-23-30-41-32-35(44-36(38)34-25-19-17-20-26-34)33-43-45(39,40)42-31-24-29-37-27-21-18-22-28-37/h17-22,25-28,35H,2-16,23-24,29-33H2,1H3. The molecule has 0 bridgehead atoms. The number of benzene rings is 1. The molecule has 254 valence electrons. The molecule has 2 rings (SSSR count). The van der Waals surface area contributed by atoms with E-state index in [9.17, 15) is 14.3 Å². The molecular weight excluding hydrogens is 589 g/mol. The van der Waals surface area contributed by atoms with Crippen molar-refractivity contribution in [1.29, 1.82) is 0 Å². The average Bonchev–Trinajstić information content (AvgIpc) is 3.05. The van der Waals surface area contributed by atoms with Crippen LogP contribution < -0.4 is 9.46 Å². The van der Waals surface area contributed by atoms with E-state index < -0.39 is 19.9 Å². The first-order valence-electron chi connectivity index (χ1n) is 17.4. The highest BCUT2D eigenvalue weighted by molar-refractivity contribution is 7.45. The summed E-state index contributed by atoms with van der Waals surface area (Å²) in [5.74, 6) is -0.559. The Morgan fingerprint density at radius 3 is 1.80 bits per heavy atom. The van der Waals surface area contributed by atoms with Crippen LogP contribution in [0.5, 0.6) is 0 Å². The molecule has 9 heteroatoms. The molecule has 0 amide bonds. The van der Waals surface area contributed by atoms with E-state index in [0.717, 1.165) is 12.8 Å². The van der Waals surface area contributed by atoms with E-state index in [1.165, 1.54) is 89.9 Å². The number of carbonyl (C=O) groups excluding carboxylic acids is 1. The minimum absolute atomic E-state index is 0.00705. The lowest BCUT2D eigenvalue weighted by molar-refractivity contribution is -0.697. The molecule has 0 saturated heterocycles. The maximum atomic E-state index is 12.6. The molecule has 2 aromatic rings. The summed E-state index contributed by atoms with van der Waals surface area (Å²) in [6.07, 6.45) is 24.2. The van der Waals surface area contributed by atoms with E-state index in [4.69, 9.17) is 18.5 Å². The van der Waals surface area contributed by atoms with Crippen LogP contribution in [0, 0.1) is 0 Å². The summed E-state index contributed by atoms with van der Waals surface area (Å²) in [6, 6.07) is 14.3. The van der Waals surface area contributed by atoms with Gasteiger partial charge in [-0.1, -0.05) is 128 Å². The Labute approximate surface area is 272 Å². The predicted molar refractivity (Wildman–Crippen MR) is 177 cm³/mol. The van der Waals surface area contributed by atoms with Crippen LogP contribution in [0.1, 0.15) is 126 Å². The first-order valence-corrected chi connectivity index (χ1v) is 18.8. The van der Waals surface area contributed by atoms with E-state index in [0.29, 0.717) is 25.1 Å². The second-order valence-electron chi connectivity index (χ2n) is 11.8. The van der Waals surface area contributed by atoms with E-state index in [2.05, 4.69) is 6.92 Å². The molecule has 1 aromatic heterocycles. The molecular formula is C36H58NO7P. The molecule has 45 heavy (non-hydrogen) atoms. The first kappa shape index (κ1) is 39.1. The fourth-order valence-corrected chi connectivity index (χ4v) is 5.87. The second-order valence-corrected chi connectivity index (χ2v) is 13.2. The zero-order valence-electron chi connectivity index (χ0n) is 27.7.